The molecule has 1 rings (SSSR count). The quantitative estimate of drug-likeness (QED) is 0.712. The summed E-state index contributed by atoms with van der Waals surface area (Å²) in [5.74, 6) is 0.731. The average Bonchev–Trinajstić information content (AvgIpc) is 2.36. The lowest BCUT2D eigenvalue weighted by molar-refractivity contribution is -0.149. The highest BCUT2D eigenvalue weighted by atomic mass is 16.5. The Balaban J connectivity index is 2.28. The maximum Gasteiger partial charge on any atom is 0.323 e. The second-order valence-electron chi connectivity index (χ2n) is 4.80. The molecule has 0 bridgehead atoms. The van der Waals surface area contributed by atoms with Gasteiger partial charge in [0, 0.05) is 0 Å². The van der Waals surface area contributed by atoms with Crippen LogP contribution in [0.4, 0.5) is 0 Å². The average molecular weight is 242 g/mol. The van der Waals surface area contributed by atoms with E-state index in [0.717, 1.165) is 25.6 Å². The predicted molar refractivity (Wildman–Crippen MR) is 68.9 cm³/mol. The molecule has 0 aromatic heterocycles. The van der Waals surface area contributed by atoms with E-state index in [1.54, 1.807) is 0 Å². The minimum Gasteiger partial charge on any atom is -0.465 e. The van der Waals surface area contributed by atoms with Crippen molar-refractivity contribution in [1.82, 2.24) is 10.2 Å². The van der Waals surface area contributed by atoms with Crippen LogP contribution in [0.2, 0.25) is 0 Å². The molecule has 1 atom stereocenters. The standard InChI is InChI=1S/C13H26N2O2/c1-4-17-13(16)11(2)15-9-6-12(7-10-15)5-8-14-3/h11-12,14H,4-10H2,1-3H3. The minimum absolute atomic E-state index is 0.0822. The summed E-state index contributed by atoms with van der Waals surface area (Å²) in [6.45, 7) is 7.42. The fourth-order valence-electron chi connectivity index (χ4n) is 2.39. The summed E-state index contributed by atoms with van der Waals surface area (Å²) in [5.41, 5.74) is 0. The van der Waals surface area contributed by atoms with Crippen LogP contribution >= 0.6 is 0 Å². The van der Waals surface area contributed by atoms with Gasteiger partial charge in [-0.15, -0.1) is 0 Å². The van der Waals surface area contributed by atoms with Crippen molar-refractivity contribution >= 4 is 5.97 Å². The lowest BCUT2D eigenvalue weighted by Crippen LogP contribution is -2.44. The Morgan fingerprint density at radius 3 is 2.65 bits per heavy atom. The van der Waals surface area contributed by atoms with Crippen LogP contribution in [0.25, 0.3) is 0 Å². The molecule has 1 saturated heterocycles. The van der Waals surface area contributed by atoms with Gasteiger partial charge in [-0.25, -0.2) is 0 Å². The molecule has 4 nitrogen and oxygen atoms in total. The van der Waals surface area contributed by atoms with Crippen LogP contribution in [-0.2, 0) is 9.53 Å². The summed E-state index contributed by atoms with van der Waals surface area (Å²) in [4.78, 5) is 13.9. The van der Waals surface area contributed by atoms with Crippen molar-refractivity contribution in [1.29, 1.82) is 0 Å². The highest BCUT2D eigenvalue weighted by molar-refractivity contribution is 5.75. The van der Waals surface area contributed by atoms with Crippen molar-refractivity contribution in [3.8, 4) is 0 Å². The SMILES string of the molecule is CCOC(=O)C(C)N1CCC(CCNC)CC1. The Bertz CT molecular complexity index is 225. The fourth-order valence-corrected chi connectivity index (χ4v) is 2.39. The third-order valence-electron chi connectivity index (χ3n) is 3.63. The molecule has 1 aliphatic heterocycles. The summed E-state index contributed by atoms with van der Waals surface area (Å²) in [5, 5.41) is 3.20. The summed E-state index contributed by atoms with van der Waals surface area (Å²) >= 11 is 0. The number of esters is 1. The third-order valence-corrected chi connectivity index (χ3v) is 3.63. The van der Waals surface area contributed by atoms with Crippen molar-refractivity contribution in [3.05, 3.63) is 0 Å². The van der Waals surface area contributed by atoms with Gasteiger partial charge in [-0.1, -0.05) is 0 Å². The number of likely N-dealkylation sites (tertiary alicyclic amines) is 1. The Morgan fingerprint density at radius 2 is 2.12 bits per heavy atom. The van der Waals surface area contributed by atoms with E-state index in [1.807, 2.05) is 20.9 Å². The molecule has 0 saturated carbocycles. The molecule has 1 unspecified atom stereocenters. The largest absolute Gasteiger partial charge is 0.465 e. The zero-order valence-corrected chi connectivity index (χ0v) is 11.4. The van der Waals surface area contributed by atoms with E-state index in [0.29, 0.717) is 6.61 Å². The van der Waals surface area contributed by atoms with Crippen molar-refractivity contribution < 1.29 is 9.53 Å². The van der Waals surface area contributed by atoms with Gasteiger partial charge in [0.15, 0.2) is 0 Å². The molecule has 0 aromatic rings. The summed E-state index contributed by atoms with van der Waals surface area (Å²) in [6.07, 6.45) is 3.65. The Labute approximate surface area is 105 Å². The molecule has 4 heteroatoms. The maximum absolute atomic E-state index is 11.6. The Morgan fingerprint density at radius 1 is 1.47 bits per heavy atom. The number of carbonyl (C=O) groups is 1. The van der Waals surface area contributed by atoms with E-state index >= 15 is 0 Å². The Kier molecular flexibility index (Phi) is 6.52. The Hall–Kier alpha value is -0.610. The molecule has 100 valence electrons. The van der Waals surface area contributed by atoms with Crippen LogP contribution in [0.1, 0.15) is 33.1 Å². The molecule has 0 aliphatic carbocycles. The molecular weight excluding hydrogens is 216 g/mol. The first kappa shape index (κ1) is 14.5. The topological polar surface area (TPSA) is 41.6 Å². The van der Waals surface area contributed by atoms with Crippen LogP contribution in [0.15, 0.2) is 0 Å². The first-order valence-corrected chi connectivity index (χ1v) is 6.74. The summed E-state index contributed by atoms with van der Waals surface area (Å²) < 4.78 is 5.06. The molecule has 0 spiro atoms. The van der Waals surface area contributed by atoms with E-state index in [9.17, 15) is 4.79 Å². The summed E-state index contributed by atoms with van der Waals surface area (Å²) in [7, 11) is 2.00. The van der Waals surface area contributed by atoms with Gasteiger partial charge in [-0.05, 0) is 65.7 Å². The first-order valence-electron chi connectivity index (χ1n) is 6.74. The van der Waals surface area contributed by atoms with Crippen LogP contribution < -0.4 is 5.32 Å². The third kappa shape index (κ3) is 4.64. The number of rotatable bonds is 6. The highest BCUT2D eigenvalue weighted by Crippen LogP contribution is 2.21. The molecule has 0 radical (unpaired) electrons. The van der Waals surface area contributed by atoms with Crippen molar-refractivity contribution in [2.75, 3.05) is 33.3 Å². The molecule has 0 amide bonds. The number of carbonyl (C=O) groups excluding carboxylic acids is 1. The van der Waals surface area contributed by atoms with Crippen molar-refractivity contribution in [3.63, 3.8) is 0 Å². The lowest BCUT2D eigenvalue weighted by Gasteiger charge is -2.34. The van der Waals surface area contributed by atoms with Gasteiger partial charge in [0.05, 0.1) is 6.61 Å². The van der Waals surface area contributed by atoms with Gasteiger partial charge < -0.3 is 10.1 Å². The molecular formula is C13H26N2O2. The minimum atomic E-state index is -0.0831. The molecule has 17 heavy (non-hydrogen) atoms. The first-order chi connectivity index (χ1) is 8.19. The zero-order valence-electron chi connectivity index (χ0n) is 11.4. The van der Waals surface area contributed by atoms with Gasteiger partial charge in [0.25, 0.3) is 0 Å². The fraction of sp³-hybridized carbons (Fsp3) is 0.923. The molecule has 0 aromatic carbocycles. The number of nitrogens with zero attached hydrogens (tertiary/aromatic N) is 1. The second-order valence-corrected chi connectivity index (χ2v) is 4.80. The normalized spacial score (nSPS) is 20.2. The number of hydrogen-bond acceptors (Lipinski definition) is 4. The van der Waals surface area contributed by atoms with Crippen molar-refractivity contribution in [2.45, 2.75) is 39.2 Å². The predicted octanol–water partition coefficient (Wildman–Crippen LogP) is 1.26. The number of piperidine rings is 1. The van der Waals surface area contributed by atoms with E-state index in [1.165, 1.54) is 19.3 Å². The van der Waals surface area contributed by atoms with E-state index in [-0.39, 0.29) is 12.0 Å². The molecule has 1 fully saturated rings. The second kappa shape index (κ2) is 7.67. The number of hydrogen-bond donors (Lipinski definition) is 1. The molecule has 1 aliphatic rings. The smallest absolute Gasteiger partial charge is 0.323 e. The van der Waals surface area contributed by atoms with E-state index in [2.05, 4.69) is 10.2 Å². The van der Waals surface area contributed by atoms with Crippen molar-refractivity contribution in [2.24, 2.45) is 5.92 Å². The monoisotopic (exact) mass is 242 g/mol. The zero-order chi connectivity index (χ0) is 12.7. The summed E-state index contributed by atoms with van der Waals surface area (Å²) in [6, 6.07) is -0.0831. The maximum atomic E-state index is 11.6. The van der Waals surface area contributed by atoms with Crippen LogP contribution in [0, 0.1) is 5.92 Å². The van der Waals surface area contributed by atoms with Gasteiger partial charge in [-0.3, -0.25) is 9.69 Å². The van der Waals surface area contributed by atoms with E-state index < -0.39 is 0 Å². The highest BCUT2D eigenvalue weighted by Gasteiger charge is 2.26. The lowest BCUT2D eigenvalue weighted by atomic mass is 9.93. The number of nitrogens with one attached hydrogen (secondary N) is 1. The van der Waals surface area contributed by atoms with Crippen LogP contribution in [0.5, 0.6) is 0 Å². The molecule has 1 N–H and O–H groups in total. The van der Waals surface area contributed by atoms with Gasteiger partial charge >= 0.3 is 5.97 Å². The van der Waals surface area contributed by atoms with Gasteiger partial charge in [0.1, 0.15) is 6.04 Å². The number of ether oxygens (including phenoxy) is 1. The van der Waals surface area contributed by atoms with Gasteiger partial charge in [0.2, 0.25) is 0 Å². The van der Waals surface area contributed by atoms with Crippen LogP contribution in [-0.4, -0.2) is 50.2 Å². The van der Waals surface area contributed by atoms with Crippen LogP contribution in [0.3, 0.4) is 0 Å². The van der Waals surface area contributed by atoms with E-state index in [4.69, 9.17) is 4.74 Å². The molecule has 1 heterocycles. The van der Waals surface area contributed by atoms with Gasteiger partial charge in [-0.2, -0.15) is 0 Å².